The van der Waals surface area contributed by atoms with Crippen LogP contribution in [0.1, 0.15) is 22.5 Å². The van der Waals surface area contributed by atoms with E-state index in [-0.39, 0.29) is 11.4 Å². The van der Waals surface area contributed by atoms with Gasteiger partial charge in [-0.2, -0.15) is 5.10 Å². The first kappa shape index (κ1) is 17.2. The van der Waals surface area contributed by atoms with Crippen molar-refractivity contribution in [2.75, 3.05) is 6.54 Å². The van der Waals surface area contributed by atoms with Gasteiger partial charge in [0.05, 0.1) is 17.9 Å². The third kappa shape index (κ3) is 4.17. The van der Waals surface area contributed by atoms with Gasteiger partial charge in [-0.25, -0.2) is 13.1 Å². The van der Waals surface area contributed by atoms with E-state index in [1.165, 1.54) is 0 Å². The Kier molecular flexibility index (Phi) is 5.17. The molecular weight excluding hydrogens is 316 g/mol. The molecule has 3 N–H and O–H groups in total. The summed E-state index contributed by atoms with van der Waals surface area (Å²) in [5.74, 6) is -0.393. The van der Waals surface area contributed by atoms with Gasteiger partial charge in [0.2, 0.25) is 15.9 Å². The van der Waals surface area contributed by atoms with E-state index >= 15 is 0 Å². The number of hydrogen-bond donors (Lipinski definition) is 3. The number of carbonyl (C=O) groups excluding carboxylic acids is 1. The van der Waals surface area contributed by atoms with E-state index < -0.39 is 15.9 Å². The molecule has 0 aliphatic carbocycles. The van der Waals surface area contributed by atoms with Crippen LogP contribution in [-0.2, 0) is 21.4 Å². The van der Waals surface area contributed by atoms with Crippen LogP contribution in [0.25, 0.3) is 0 Å². The van der Waals surface area contributed by atoms with E-state index in [2.05, 4.69) is 20.2 Å². The van der Waals surface area contributed by atoms with Crippen LogP contribution in [0.3, 0.4) is 0 Å². The van der Waals surface area contributed by atoms with Gasteiger partial charge in [0.15, 0.2) is 0 Å². The first-order valence-electron chi connectivity index (χ1n) is 7.13. The second-order valence-electron chi connectivity index (χ2n) is 5.29. The van der Waals surface area contributed by atoms with E-state index in [4.69, 9.17) is 0 Å². The van der Waals surface area contributed by atoms with Crippen molar-refractivity contribution in [1.29, 1.82) is 0 Å². The van der Waals surface area contributed by atoms with E-state index in [9.17, 15) is 13.2 Å². The summed E-state index contributed by atoms with van der Waals surface area (Å²) in [5.41, 5.74) is 2.87. The number of aryl methyl sites for hydroxylation is 3. The number of aromatic amines is 1. The van der Waals surface area contributed by atoms with Crippen molar-refractivity contribution in [1.82, 2.24) is 20.2 Å². The number of rotatable bonds is 6. The normalized spacial score (nSPS) is 11.4. The Bertz CT molecular complexity index is 792. The van der Waals surface area contributed by atoms with Crippen LogP contribution in [0, 0.1) is 20.8 Å². The third-order valence-corrected chi connectivity index (χ3v) is 5.15. The SMILES string of the molecule is Cc1ccccc1CNC(=O)CNS(=O)(=O)c1c(C)n[nH]c1C. The molecule has 124 valence electrons. The third-order valence-electron chi connectivity index (χ3n) is 3.49. The molecular formula is C15H20N4O3S. The quantitative estimate of drug-likeness (QED) is 0.730. The highest BCUT2D eigenvalue weighted by Crippen LogP contribution is 2.15. The lowest BCUT2D eigenvalue weighted by molar-refractivity contribution is -0.120. The fourth-order valence-electron chi connectivity index (χ4n) is 2.23. The van der Waals surface area contributed by atoms with E-state index in [1.54, 1.807) is 13.8 Å². The molecule has 0 fully saturated rings. The lowest BCUT2D eigenvalue weighted by Crippen LogP contribution is -2.37. The summed E-state index contributed by atoms with van der Waals surface area (Å²) in [6.07, 6.45) is 0. The topological polar surface area (TPSA) is 104 Å². The number of amides is 1. The highest BCUT2D eigenvalue weighted by molar-refractivity contribution is 7.89. The maximum Gasteiger partial charge on any atom is 0.244 e. The summed E-state index contributed by atoms with van der Waals surface area (Å²) >= 11 is 0. The van der Waals surface area contributed by atoms with Gasteiger partial charge >= 0.3 is 0 Å². The Morgan fingerprint density at radius 2 is 1.91 bits per heavy atom. The Hall–Kier alpha value is -2.19. The van der Waals surface area contributed by atoms with E-state index in [0.29, 0.717) is 17.9 Å². The zero-order valence-corrected chi connectivity index (χ0v) is 14.1. The highest BCUT2D eigenvalue weighted by atomic mass is 32.2. The van der Waals surface area contributed by atoms with Crippen molar-refractivity contribution in [2.45, 2.75) is 32.2 Å². The molecule has 0 unspecified atom stereocenters. The molecule has 1 aromatic heterocycles. The van der Waals surface area contributed by atoms with Crippen LogP contribution >= 0.6 is 0 Å². The predicted molar refractivity (Wildman–Crippen MR) is 86.3 cm³/mol. The fourth-order valence-corrected chi connectivity index (χ4v) is 3.58. The molecule has 1 aromatic carbocycles. The first-order chi connectivity index (χ1) is 10.8. The molecule has 0 bridgehead atoms. The lowest BCUT2D eigenvalue weighted by atomic mass is 10.1. The second kappa shape index (κ2) is 6.93. The number of nitrogens with zero attached hydrogens (tertiary/aromatic N) is 1. The number of nitrogens with one attached hydrogen (secondary N) is 3. The molecule has 1 amide bonds. The molecule has 0 saturated carbocycles. The van der Waals surface area contributed by atoms with E-state index in [1.807, 2.05) is 31.2 Å². The largest absolute Gasteiger partial charge is 0.351 e. The molecule has 23 heavy (non-hydrogen) atoms. The molecule has 0 radical (unpaired) electrons. The summed E-state index contributed by atoms with van der Waals surface area (Å²) in [6.45, 7) is 5.20. The second-order valence-corrected chi connectivity index (χ2v) is 6.99. The van der Waals surface area contributed by atoms with Crippen LogP contribution in [0.4, 0.5) is 0 Å². The Morgan fingerprint density at radius 1 is 1.22 bits per heavy atom. The van der Waals surface area contributed by atoms with Crippen LogP contribution < -0.4 is 10.0 Å². The zero-order chi connectivity index (χ0) is 17.0. The van der Waals surface area contributed by atoms with Crippen LogP contribution in [-0.4, -0.2) is 31.1 Å². The molecule has 0 saturated heterocycles. The monoisotopic (exact) mass is 336 g/mol. The van der Waals surface area contributed by atoms with Crippen molar-refractivity contribution in [3.8, 4) is 0 Å². The summed E-state index contributed by atoms with van der Waals surface area (Å²) < 4.78 is 26.7. The number of carbonyl (C=O) groups is 1. The van der Waals surface area contributed by atoms with Gasteiger partial charge in [0.1, 0.15) is 4.90 Å². The van der Waals surface area contributed by atoms with Gasteiger partial charge in [-0.1, -0.05) is 24.3 Å². The molecule has 7 nitrogen and oxygen atoms in total. The molecule has 2 aromatic rings. The molecule has 0 aliphatic heterocycles. The highest BCUT2D eigenvalue weighted by Gasteiger charge is 2.22. The van der Waals surface area contributed by atoms with Gasteiger partial charge < -0.3 is 5.32 Å². The smallest absolute Gasteiger partial charge is 0.244 e. The number of H-pyrrole nitrogens is 1. The van der Waals surface area contributed by atoms with Gasteiger partial charge in [-0.3, -0.25) is 9.89 Å². The fraction of sp³-hybridized carbons (Fsp3) is 0.333. The van der Waals surface area contributed by atoms with Crippen LogP contribution in [0.5, 0.6) is 0 Å². The first-order valence-corrected chi connectivity index (χ1v) is 8.62. The lowest BCUT2D eigenvalue weighted by Gasteiger charge is -2.09. The van der Waals surface area contributed by atoms with Gasteiger partial charge in [0, 0.05) is 6.54 Å². The maximum atomic E-state index is 12.2. The van der Waals surface area contributed by atoms with Crippen LogP contribution in [0.15, 0.2) is 29.2 Å². The Balaban J connectivity index is 1.93. The van der Waals surface area contributed by atoms with Crippen molar-refractivity contribution >= 4 is 15.9 Å². The summed E-state index contributed by atoms with van der Waals surface area (Å²) in [5, 5.41) is 9.16. The van der Waals surface area contributed by atoms with Gasteiger partial charge in [-0.05, 0) is 31.9 Å². The molecule has 8 heteroatoms. The average molecular weight is 336 g/mol. The average Bonchev–Trinajstić information content (AvgIpc) is 2.84. The van der Waals surface area contributed by atoms with Crippen molar-refractivity contribution in [3.05, 3.63) is 46.8 Å². The standard InChI is InChI=1S/C15H20N4O3S/c1-10-6-4-5-7-13(10)8-16-14(20)9-17-23(21,22)15-11(2)18-19-12(15)3/h4-7,17H,8-9H2,1-3H3,(H,16,20)(H,18,19). The molecule has 0 aliphatic rings. The Labute approximate surface area is 135 Å². The molecule has 1 heterocycles. The number of benzene rings is 1. The van der Waals surface area contributed by atoms with E-state index in [0.717, 1.165) is 11.1 Å². The molecule has 0 atom stereocenters. The summed E-state index contributed by atoms with van der Waals surface area (Å²) in [6, 6.07) is 7.68. The minimum Gasteiger partial charge on any atom is -0.351 e. The van der Waals surface area contributed by atoms with Crippen molar-refractivity contribution in [3.63, 3.8) is 0 Å². The Morgan fingerprint density at radius 3 is 2.52 bits per heavy atom. The van der Waals surface area contributed by atoms with Crippen LogP contribution in [0.2, 0.25) is 0 Å². The zero-order valence-electron chi connectivity index (χ0n) is 13.3. The summed E-state index contributed by atoms with van der Waals surface area (Å²) in [7, 11) is -3.77. The minimum atomic E-state index is -3.77. The number of hydrogen-bond acceptors (Lipinski definition) is 4. The predicted octanol–water partition coefficient (Wildman–Crippen LogP) is 0.930. The van der Waals surface area contributed by atoms with Crippen molar-refractivity contribution in [2.24, 2.45) is 0 Å². The maximum absolute atomic E-state index is 12.2. The summed E-state index contributed by atoms with van der Waals surface area (Å²) in [4.78, 5) is 11.9. The minimum absolute atomic E-state index is 0.0872. The number of aromatic nitrogens is 2. The van der Waals surface area contributed by atoms with Gasteiger partial charge in [0.25, 0.3) is 0 Å². The van der Waals surface area contributed by atoms with Crippen molar-refractivity contribution < 1.29 is 13.2 Å². The number of sulfonamides is 1. The molecule has 0 spiro atoms. The molecule has 2 rings (SSSR count). The van der Waals surface area contributed by atoms with Gasteiger partial charge in [-0.15, -0.1) is 0 Å².